The fourth-order valence-corrected chi connectivity index (χ4v) is 6.67. The van der Waals surface area contributed by atoms with Crippen LogP contribution in [0.5, 0.6) is 5.75 Å². The van der Waals surface area contributed by atoms with Crippen molar-refractivity contribution < 1.29 is 18.4 Å². The number of carbonyl (C=O) groups excluding carboxylic acids is 1. The van der Waals surface area contributed by atoms with E-state index in [2.05, 4.69) is 28.3 Å². The summed E-state index contributed by atoms with van der Waals surface area (Å²) in [5, 5.41) is 4.04. The first kappa shape index (κ1) is 23.0. The molecule has 1 spiro atoms. The Kier molecular flexibility index (Phi) is 5.66. The van der Waals surface area contributed by atoms with Crippen LogP contribution in [0.15, 0.2) is 28.8 Å². The van der Waals surface area contributed by atoms with Crippen LogP contribution in [0.2, 0.25) is 0 Å². The highest BCUT2D eigenvalue weighted by Crippen LogP contribution is 2.51. The Balaban J connectivity index is 1.02. The smallest absolute Gasteiger partial charge is 0.260 e. The maximum absolute atomic E-state index is 14.2. The van der Waals surface area contributed by atoms with Crippen molar-refractivity contribution >= 4 is 5.91 Å². The summed E-state index contributed by atoms with van der Waals surface area (Å²) in [6.07, 6.45) is 6.61. The molecule has 0 radical (unpaired) electrons. The first-order valence-corrected chi connectivity index (χ1v) is 13.2. The second-order valence-electron chi connectivity index (χ2n) is 11.5. The number of ether oxygens (including phenoxy) is 1. The largest absolute Gasteiger partial charge is 0.488 e. The number of likely N-dealkylation sites (tertiary alicyclic amines) is 2. The van der Waals surface area contributed by atoms with Crippen LogP contribution in [0.4, 0.5) is 4.39 Å². The van der Waals surface area contributed by atoms with Crippen molar-refractivity contribution in [3.8, 4) is 5.75 Å². The summed E-state index contributed by atoms with van der Waals surface area (Å²) in [5.74, 6) is 2.03. The van der Waals surface area contributed by atoms with Crippen molar-refractivity contribution in [1.82, 2.24) is 15.0 Å². The molecule has 2 saturated carbocycles. The van der Waals surface area contributed by atoms with Crippen LogP contribution in [0.1, 0.15) is 73.4 Å². The van der Waals surface area contributed by atoms with Gasteiger partial charge in [-0.3, -0.25) is 4.79 Å². The van der Waals surface area contributed by atoms with Crippen LogP contribution >= 0.6 is 0 Å². The van der Waals surface area contributed by atoms with E-state index in [-0.39, 0.29) is 11.3 Å². The Hall–Kier alpha value is -2.41. The molecule has 1 aromatic heterocycles. The number of para-hydroxylation sites is 1. The fraction of sp³-hybridized carbons (Fsp3) is 0.643. The molecule has 35 heavy (non-hydrogen) atoms. The predicted molar refractivity (Wildman–Crippen MR) is 130 cm³/mol. The normalized spacial score (nSPS) is 25.6. The number of alkyl halides is 1. The molecule has 1 aromatic carbocycles. The van der Waals surface area contributed by atoms with E-state index in [4.69, 9.17) is 9.26 Å². The molecule has 2 saturated heterocycles. The first-order valence-electron chi connectivity index (χ1n) is 13.2. The van der Waals surface area contributed by atoms with Gasteiger partial charge in [0, 0.05) is 24.5 Å². The summed E-state index contributed by atoms with van der Waals surface area (Å²) in [4.78, 5) is 16.7. The van der Waals surface area contributed by atoms with E-state index in [0.717, 1.165) is 68.2 Å². The van der Waals surface area contributed by atoms with E-state index in [9.17, 15) is 9.18 Å². The number of hydrogen-bond donors (Lipinski definition) is 0. The molecule has 7 heteroatoms. The number of piperidine rings is 1. The molecule has 1 unspecified atom stereocenters. The molecular weight excluding hydrogens is 445 g/mol. The zero-order valence-electron chi connectivity index (χ0n) is 20.9. The van der Waals surface area contributed by atoms with Crippen LogP contribution in [-0.4, -0.2) is 58.8 Å². The molecule has 1 amide bonds. The summed E-state index contributed by atoms with van der Waals surface area (Å²) >= 11 is 0. The highest BCUT2D eigenvalue weighted by molar-refractivity contribution is 5.88. The standard InChI is InChI=1S/C28H36FN3O3/c1-19-24(20(2)35-30-19)16-34-25-6-4-3-5-23(25)21-8-13-31(14-9-21)22-7-10-27(15-22)17-32(18-27)26(33)28(29)11-12-28/h3-6,21-22H,7-18H2,1-2H3. The lowest BCUT2D eigenvalue weighted by Gasteiger charge is -2.49. The lowest BCUT2D eigenvalue weighted by Crippen LogP contribution is -2.60. The molecular formula is C28H36FN3O3. The summed E-state index contributed by atoms with van der Waals surface area (Å²) in [6, 6.07) is 9.04. The van der Waals surface area contributed by atoms with Crippen molar-refractivity contribution in [2.45, 2.75) is 83.0 Å². The number of aryl methyl sites for hydroxylation is 2. The van der Waals surface area contributed by atoms with Gasteiger partial charge >= 0.3 is 0 Å². The number of halogens is 1. The van der Waals surface area contributed by atoms with E-state index in [0.29, 0.717) is 31.4 Å². The average Bonchev–Trinajstić information content (AvgIpc) is 3.31. The molecule has 3 heterocycles. The number of hydrogen-bond acceptors (Lipinski definition) is 5. The number of amides is 1. The molecule has 6 nitrogen and oxygen atoms in total. The van der Waals surface area contributed by atoms with Crippen LogP contribution in [-0.2, 0) is 11.4 Å². The third kappa shape index (κ3) is 4.26. The van der Waals surface area contributed by atoms with E-state index in [1.54, 1.807) is 4.90 Å². The molecule has 2 aromatic rings. The molecule has 0 bridgehead atoms. The number of aromatic nitrogens is 1. The maximum Gasteiger partial charge on any atom is 0.260 e. The van der Waals surface area contributed by atoms with Gasteiger partial charge in [-0.15, -0.1) is 0 Å². The maximum atomic E-state index is 14.2. The van der Waals surface area contributed by atoms with Gasteiger partial charge in [0.2, 0.25) is 0 Å². The van der Waals surface area contributed by atoms with Crippen molar-refractivity contribution in [3.63, 3.8) is 0 Å². The second kappa shape index (κ2) is 8.61. The van der Waals surface area contributed by atoms with Crippen molar-refractivity contribution in [3.05, 3.63) is 46.8 Å². The molecule has 188 valence electrons. The Bertz CT molecular complexity index is 1080. The fourth-order valence-electron chi connectivity index (χ4n) is 6.67. The SMILES string of the molecule is Cc1noc(C)c1COc1ccccc1C1CCN(C2CCC3(C2)CN(C(=O)C2(F)CC2)C3)CC1. The summed E-state index contributed by atoms with van der Waals surface area (Å²) in [6.45, 7) is 8.08. The minimum absolute atomic E-state index is 0.237. The average molecular weight is 482 g/mol. The van der Waals surface area contributed by atoms with Crippen molar-refractivity contribution in [2.75, 3.05) is 26.2 Å². The third-order valence-corrected chi connectivity index (χ3v) is 9.05. The molecule has 4 fully saturated rings. The molecule has 1 atom stereocenters. The van der Waals surface area contributed by atoms with Crippen LogP contribution in [0.25, 0.3) is 0 Å². The van der Waals surface area contributed by atoms with Gasteiger partial charge in [0.05, 0.1) is 11.3 Å². The summed E-state index contributed by atoms with van der Waals surface area (Å²) in [5.41, 5.74) is 1.93. The number of rotatable bonds is 6. The highest BCUT2D eigenvalue weighted by atomic mass is 19.1. The van der Waals surface area contributed by atoms with Gasteiger partial charge in [0.25, 0.3) is 5.91 Å². The van der Waals surface area contributed by atoms with E-state index in [1.165, 1.54) is 18.4 Å². The molecule has 2 aliphatic carbocycles. The van der Waals surface area contributed by atoms with E-state index in [1.807, 2.05) is 19.9 Å². The van der Waals surface area contributed by atoms with Gasteiger partial charge in [-0.05, 0) is 89.4 Å². The van der Waals surface area contributed by atoms with Gasteiger partial charge < -0.3 is 19.1 Å². The van der Waals surface area contributed by atoms with Crippen molar-refractivity contribution in [1.29, 1.82) is 0 Å². The second-order valence-corrected chi connectivity index (χ2v) is 11.5. The van der Waals surface area contributed by atoms with E-state index >= 15 is 0 Å². The van der Waals surface area contributed by atoms with Gasteiger partial charge in [0.1, 0.15) is 18.1 Å². The van der Waals surface area contributed by atoms with Crippen molar-refractivity contribution in [2.24, 2.45) is 5.41 Å². The minimum atomic E-state index is -1.52. The summed E-state index contributed by atoms with van der Waals surface area (Å²) < 4.78 is 25.7. The molecule has 4 aliphatic rings. The Morgan fingerprint density at radius 1 is 1.14 bits per heavy atom. The van der Waals surface area contributed by atoms with Gasteiger partial charge in [0.15, 0.2) is 5.67 Å². The Morgan fingerprint density at radius 2 is 1.89 bits per heavy atom. The summed E-state index contributed by atoms with van der Waals surface area (Å²) in [7, 11) is 0. The zero-order chi connectivity index (χ0) is 24.2. The topological polar surface area (TPSA) is 58.8 Å². The number of nitrogens with zero attached hydrogens (tertiary/aromatic N) is 3. The highest BCUT2D eigenvalue weighted by Gasteiger charge is 2.58. The van der Waals surface area contributed by atoms with Gasteiger partial charge in [-0.25, -0.2) is 4.39 Å². The zero-order valence-corrected chi connectivity index (χ0v) is 20.9. The lowest BCUT2D eigenvalue weighted by atomic mass is 9.77. The monoisotopic (exact) mass is 481 g/mol. The van der Waals surface area contributed by atoms with Gasteiger partial charge in [-0.2, -0.15) is 0 Å². The third-order valence-electron chi connectivity index (χ3n) is 9.05. The minimum Gasteiger partial charge on any atom is -0.488 e. The lowest BCUT2D eigenvalue weighted by molar-refractivity contribution is -0.150. The molecule has 2 aliphatic heterocycles. The molecule has 0 N–H and O–H groups in total. The van der Waals surface area contributed by atoms with E-state index < -0.39 is 5.67 Å². The van der Waals surface area contributed by atoms with Crippen LogP contribution in [0, 0.1) is 19.3 Å². The van der Waals surface area contributed by atoms with Crippen LogP contribution in [0.3, 0.4) is 0 Å². The number of benzene rings is 1. The predicted octanol–water partition coefficient (Wildman–Crippen LogP) is 4.93. The first-order chi connectivity index (χ1) is 16.9. The Morgan fingerprint density at radius 3 is 2.57 bits per heavy atom. The van der Waals surface area contributed by atoms with Gasteiger partial charge in [-0.1, -0.05) is 23.4 Å². The molecule has 6 rings (SSSR count). The number of carbonyl (C=O) groups is 1. The Labute approximate surface area is 206 Å². The quantitative estimate of drug-likeness (QED) is 0.585. The van der Waals surface area contributed by atoms with Crippen LogP contribution < -0.4 is 4.74 Å².